The molecule has 0 amide bonds. The molecule has 1 aromatic carbocycles. The van der Waals surface area contributed by atoms with Gasteiger partial charge in [0.2, 0.25) is 0 Å². The zero-order chi connectivity index (χ0) is 13.1. The van der Waals surface area contributed by atoms with Crippen molar-refractivity contribution in [3.05, 3.63) is 30.4 Å². The quantitative estimate of drug-likeness (QED) is 0.890. The highest BCUT2D eigenvalue weighted by Gasteiger charge is 2.31. The first-order valence-corrected chi connectivity index (χ1v) is 4.85. The molecule has 1 radical (unpaired) electrons. The van der Waals surface area contributed by atoms with Crippen LogP contribution in [-0.2, 0) is 0 Å². The van der Waals surface area contributed by atoms with Gasteiger partial charge in [-0.1, -0.05) is 0 Å². The lowest BCUT2D eigenvalue weighted by Crippen LogP contribution is -2.17. The Morgan fingerprint density at radius 1 is 1.29 bits per heavy atom. The third-order valence-corrected chi connectivity index (χ3v) is 1.72. The molecule has 0 atom stereocenters. The van der Waals surface area contributed by atoms with Gasteiger partial charge in [0.05, 0.1) is 6.10 Å². The van der Waals surface area contributed by atoms with Gasteiger partial charge in [0.15, 0.2) is 0 Å². The van der Waals surface area contributed by atoms with E-state index >= 15 is 0 Å². The molecule has 0 bridgehead atoms. The van der Waals surface area contributed by atoms with Gasteiger partial charge in [0.1, 0.15) is 18.1 Å². The molecule has 3 nitrogen and oxygen atoms in total. The van der Waals surface area contributed by atoms with Gasteiger partial charge >= 0.3 is 6.36 Å². The summed E-state index contributed by atoms with van der Waals surface area (Å²) in [5, 5.41) is 8.91. The molecule has 0 aromatic heterocycles. The molecule has 6 heteroatoms. The lowest BCUT2D eigenvalue weighted by atomic mass is 10.2. The van der Waals surface area contributed by atoms with Crippen molar-refractivity contribution in [1.82, 2.24) is 0 Å². The Morgan fingerprint density at radius 3 is 2.41 bits per heavy atom. The number of hydrogen-bond donors (Lipinski definition) is 1. The van der Waals surface area contributed by atoms with Crippen molar-refractivity contribution in [3.8, 4) is 11.5 Å². The van der Waals surface area contributed by atoms with Crippen molar-refractivity contribution in [2.75, 3.05) is 0 Å². The van der Waals surface area contributed by atoms with Crippen LogP contribution in [0, 0.1) is 6.61 Å². The van der Waals surface area contributed by atoms with Gasteiger partial charge in [-0.15, -0.1) is 13.2 Å². The second-order valence-corrected chi connectivity index (χ2v) is 3.54. The Bertz CT molecular complexity index is 375. The number of halogens is 3. The summed E-state index contributed by atoms with van der Waals surface area (Å²) in [6.07, 6.45) is -4.91. The van der Waals surface area contributed by atoms with Crippen LogP contribution >= 0.6 is 0 Å². The minimum Gasteiger partial charge on any atom is -0.491 e. The summed E-state index contributed by atoms with van der Waals surface area (Å²) in [7, 11) is 0. The second kappa shape index (κ2) is 5.27. The second-order valence-electron chi connectivity index (χ2n) is 3.54. The van der Waals surface area contributed by atoms with Crippen LogP contribution < -0.4 is 9.47 Å². The maximum atomic E-state index is 12.0. The van der Waals surface area contributed by atoms with Crippen LogP contribution in [0.4, 0.5) is 13.2 Å². The summed E-state index contributed by atoms with van der Waals surface area (Å²) >= 11 is 0. The normalized spacial score (nSPS) is 11.7. The first kappa shape index (κ1) is 13.6. The lowest BCUT2D eigenvalue weighted by Gasteiger charge is -2.15. The largest absolute Gasteiger partial charge is 0.573 e. The molecule has 0 fully saturated rings. The Hall–Kier alpha value is -1.43. The van der Waals surface area contributed by atoms with E-state index in [1.807, 2.05) is 0 Å². The number of aliphatic hydroxyl groups is 1. The molecule has 0 aliphatic carbocycles. The van der Waals surface area contributed by atoms with E-state index in [2.05, 4.69) is 4.74 Å². The SMILES string of the molecule is CC(C)Oc1ccc(OC(F)(F)F)cc1[CH]O. The Kier molecular flexibility index (Phi) is 4.22. The van der Waals surface area contributed by atoms with Crippen LogP contribution in [0.15, 0.2) is 18.2 Å². The van der Waals surface area contributed by atoms with Crippen LogP contribution in [-0.4, -0.2) is 17.6 Å². The van der Waals surface area contributed by atoms with Crippen molar-refractivity contribution in [3.63, 3.8) is 0 Å². The standard InChI is InChI=1S/C11H12F3O3/c1-7(2)16-10-4-3-9(5-8(10)6-15)17-11(12,13)14/h3-7,15H,1-2H3. The lowest BCUT2D eigenvalue weighted by molar-refractivity contribution is -0.274. The van der Waals surface area contributed by atoms with Gasteiger partial charge < -0.3 is 14.6 Å². The van der Waals surface area contributed by atoms with E-state index in [0.29, 0.717) is 6.61 Å². The minimum atomic E-state index is -4.76. The summed E-state index contributed by atoms with van der Waals surface area (Å²) in [5.41, 5.74) is 0.125. The van der Waals surface area contributed by atoms with E-state index in [1.165, 1.54) is 6.07 Å². The molecule has 95 valence electrons. The van der Waals surface area contributed by atoms with Gasteiger partial charge in [0, 0.05) is 5.56 Å². The van der Waals surface area contributed by atoms with Gasteiger partial charge in [-0.25, -0.2) is 0 Å². The maximum Gasteiger partial charge on any atom is 0.573 e. The van der Waals surface area contributed by atoms with E-state index in [0.717, 1.165) is 12.1 Å². The smallest absolute Gasteiger partial charge is 0.491 e. The van der Waals surface area contributed by atoms with Crippen LogP contribution in [0.1, 0.15) is 19.4 Å². The fourth-order valence-corrected chi connectivity index (χ4v) is 1.19. The van der Waals surface area contributed by atoms with Crippen molar-refractivity contribution in [1.29, 1.82) is 0 Å². The summed E-state index contributed by atoms with van der Waals surface area (Å²) in [5.74, 6) is -0.120. The summed E-state index contributed by atoms with van der Waals surface area (Å²) < 4.78 is 44.9. The molecule has 0 saturated carbocycles. The molecule has 0 spiro atoms. The molecule has 0 aliphatic heterocycles. The number of alkyl halides is 3. The minimum absolute atomic E-state index is 0.125. The van der Waals surface area contributed by atoms with Crippen molar-refractivity contribution >= 4 is 0 Å². The Morgan fingerprint density at radius 2 is 1.94 bits per heavy atom. The number of hydrogen-bond acceptors (Lipinski definition) is 3. The number of rotatable bonds is 4. The molecule has 0 heterocycles. The number of aliphatic hydroxyl groups excluding tert-OH is 1. The first-order valence-electron chi connectivity index (χ1n) is 4.85. The van der Waals surface area contributed by atoms with Crippen molar-refractivity contribution < 1.29 is 27.8 Å². The van der Waals surface area contributed by atoms with Gasteiger partial charge in [-0.2, -0.15) is 0 Å². The molecular weight excluding hydrogens is 237 g/mol. The highest BCUT2D eigenvalue weighted by Crippen LogP contribution is 2.29. The summed E-state index contributed by atoms with van der Waals surface area (Å²) in [6.45, 7) is 4.20. The maximum absolute atomic E-state index is 12.0. The Labute approximate surface area is 96.8 Å². The van der Waals surface area contributed by atoms with Crippen molar-refractivity contribution in [2.45, 2.75) is 26.3 Å². The zero-order valence-electron chi connectivity index (χ0n) is 9.28. The monoisotopic (exact) mass is 249 g/mol. The van der Waals surface area contributed by atoms with E-state index in [9.17, 15) is 13.2 Å². The molecule has 17 heavy (non-hydrogen) atoms. The van der Waals surface area contributed by atoms with E-state index in [1.54, 1.807) is 13.8 Å². The van der Waals surface area contributed by atoms with Gasteiger partial charge in [0.25, 0.3) is 0 Å². The zero-order valence-corrected chi connectivity index (χ0v) is 9.28. The van der Waals surface area contributed by atoms with E-state index in [-0.39, 0.29) is 17.4 Å². The molecule has 1 N–H and O–H groups in total. The summed E-state index contributed by atoms with van der Waals surface area (Å²) in [4.78, 5) is 0. The molecule has 0 aliphatic rings. The van der Waals surface area contributed by atoms with Gasteiger partial charge in [-0.3, -0.25) is 0 Å². The van der Waals surface area contributed by atoms with Crippen LogP contribution in [0.25, 0.3) is 0 Å². The highest BCUT2D eigenvalue weighted by atomic mass is 19.4. The molecular formula is C11H12F3O3. The van der Waals surface area contributed by atoms with E-state index < -0.39 is 12.1 Å². The summed E-state index contributed by atoms with van der Waals surface area (Å²) in [6, 6.07) is 3.48. The topological polar surface area (TPSA) is 38.7 Å². The predicted molar refractivity (Wildman–Crippen MR) is 54.2 cm³/mol. The average Bonchev–Trinajstić information content (AvgIpc) is 2.17. The van der Waals surface area contributed by atoms with Gasteiger partial charge in [-0.05, 0) is 32.0 Å². The average molecular weight is 249 g/mol. The third kappa shape index (κ3) is 4.52. The molecule has 1 aromatic rings. The Balaban J connectivity index is 2.92. The van der Waals surface area contributed by atoms with Crippen LogP contribution in [0.3, 0.4) is 0 Å². The molecule has 0 saturated heterocycles. The fraction of sp³-hybridized carbons (Fsp3) is 0.364. The van der Waals surface area contributed by atoms with Crippen LogP contribution in [0.5, 0.6) is 11.5 Å². The molecule has 0 unspecified atom stereocenters. The number of benzene rings is 1. The first-order chi connectivity index (χ1) is 7.81. The van der Waals surface area contributed by atoms with E-state index in [4.69, 9.17) is 9.84 Å². The highest BCUT2D eigenvalue weighted by molar-refractivity contribution is 5.43. The van der Waals surface area contributed by atoms with Crippen molar-refractivity contribution in [2.24, 2.45) is 0 Å². The number of ether oxygens (including phenoxy) is 2. The molecule has 1 rings (SSSR count). The van der Waals surface area contributed by atoms with Crippen LogP contribution in [0.2, 0.25) is 0 Å². The predicted octanol–water partition coefficient (Wildman–Crippen LogP) is 3.25. The third-order valence-electron chi connectivity index (χ3n) is 1.72. The fourth-order valence-electron chi connectivity index (χ4n) is 1.19.